The van der Waals surface area contributed by atoms with Gasteiger partial charge in [0.25, 0.3) is 0 Å². The van der Waals surface area contributed by atoms with Gasteiger partial charge < -0.3 is 14.8 Å². The fourth-order valence-electron chi connectivity index (χ4n) is 1.74. The summed E-state index contributed by atoms with van der Waals surface area (Å²) in [5.74, 6) is -1.86. The van der Waals surface area contributed by atoms with E-state index >= 15 is 0 Å². The molecule has 0 amide bonds. The number of halogens is 3. The minimum Gasteiger partial charge on any atom is -0.493 e. The molecule has 1 heterocycles. The molecule has 1 aromatic heterocycles. The van der Waals surface area contributed by atoms with Crippen LogP contribution < -0.4 is 14.8 Å². The van der Waals surface area contributed by atoms with Crippen molar-refractivity contribution < 1.29 is 18.3 Å². The third-order valence-corrected chi connectivity index (χ3v) is 3.06. The van der Waals surface area contributed by atoms with Gasteiger partial charge in [0.2, 0.25) is 0 Å². The molecule has 0 atom stereocenters. The number of ether oxygens (including phenoxy) is 2. The molecule has 112 valence electrons. The maximum Gasteiger partial charge on any atom is 0.191 e. The lowest BCUT2D eigenvalue weighted by Crippen LogP contribution is -2.07. The maximum atomic E-state index is 14.1. The number of rotatable bonds is 5. The van der Waals surface area contributed by atoms with Gasteiger partial charge in [-0.2, -0.15) is 0 Å². The highest BCUT2D eigenvalue weighted by Gasteiger charge is 2.19. The summed E-state index contributed by atoms with van der Waals surface area (Å²) in [6.07, 6.45) is 1.52. The first-order chi connectivity index (χ1) is 10.1. The molecule has 0 fully saturated rings. The SMILES string of the molecule is COc1cc(OC)c(F)c(NCc2ccc(Cl)nc2)c1F. The Balaban J connectivity index is 2.28. The number of pyridine rings is 1. The van der Waals surface area contributed by atoms with Gasteiger partial charge in [0.15, 0.2) is 23.1 Å². The van der Waals surface area contributed by atoms with Gasteiger partial charge in [-0.25, -0.2) is 13.8 Å². The second-order valence-electron chi connectivity index (χ2n) is 4.13. The van der Waals surface area contributed by atoms with Crippen LogP contribution in [0, 0.1) is 11.6 Å². The van der Waals surface area contributed by atoms with Crippen molar-refractivity contribution in [1.82, 2.24) is 4.98 Å². The molecule has 2 aromatic rings. The Bertz CT molecular complexity index is 608. The van der Waals surface area contributed by atoms with Gasteiger partial charge in [-0.1, -0.05) is 17.7 Å². The topological polar surface area (TPSA) is 43.4 Å². The summed E-state index contributed by atoms with van der Waals surface area (Å²) >= 11 is 5.67. The molecular weight excluding hydrogens is 302 g/mol. The number of hydrogen-bond donors (Lipinski definition) is 1. The van der Waals surface area contributed by atoms with Gasteiger partial charge in [0.05, 0.1) is 14.2 Å². The number of aromatic nitrogens is 1. The lowest BCUT2D eigenvalue weighted by atomic mass is 10.2. The van der Waals surface area contributed by atoms with E-state index in [9.17, 15) is 8.78 Å². The molecule has 0 saturated carbocycles. The van der Waals surface area contributed by atoms with E-state index in [0.29, 0.717) is 5.15 Å². The van der Waals surface area contributed by atoms with Crippen LogP contribution in [0.3, 0.4) is 0 Å². The lowest BCUT2D eigenvalue weighted by Gasteiger charge is -2.14. The van der Waals surface area contributed by atoms with Crippen LogP contribution in [0.5, 0.6) is 11.5 Å². The first-order valence-electron chi connectivity index (χ1n) is 6.01. The highest BCUT2D eigenvalue weighted by Crippen LogP contribution is 2.34. The summed E-state index contributed by atoms with van der Waals surface area (Å²) < 4.78 is 37.9. The molecule has 0 spiro atoms. The van der Waals surface area contributed by atoms with Crippen LogP contribution in [0.4, 0.5) is 14.5 Å². The van der Waals surface area contributed by atoms with Crippen molar-refractivity contribution in [2.45, 2.75) is 6.54 Å². The average Bonchev–Trinajstić information content (AvgIpc) is 2.49. The quantitative estimate of drug-likeness (QED) is 0.856. The molecule has 0 aliphatic rings. The van der Waals surface area contributed by atoms with Crippen LogP contribution in [0.1, 0.15) is 5.56 Å². The second kappa shape index (κ2) is 6.58. The minimum atomic E-state index is -0.822. The largest absolute Gasteiger partial charge is 0.493 e. The van der Waals surface area contributed by atoms with E-state index in [1.165, 1.54) is 20.4 Å². The smallest absolute Gasteiger partial charge is 0.191 e. The Labute approximate surface area is 125 Å². The fourth-order valence-corrected chi connectivity index (χ4v) is 1.85. The molecule has 0 bridgehead atoms. The normalized spacial score (nSPS) is 10.3. The van der Waals surface area contributed by atoms with E-state index in [4.69, 9.17) is 21.1 Å². The Hall–Kier alpha value is -2.08. The zero-order chi connectivity index (χ0) is 15.4. The average molecular weight is 315 g/mol. The molecule has 4 nitrogen and oxygen atoms in total. The second-order valence-corrected chi connectivity index (χ2v) is 4.51. The third-order valence-electron chi connectivity index (χ3n) is 2.83. The molecule has 0 aliphatic carbocycles. The van der Waals surface area contributed by atoms with Crippen molar-refractivity contribution in [3.05, 3.63) is 46.7 Å². The van der Waals surface area contributed by atoms with Gasteiger partial charge in [-0.3, -0.25) is 0 Å². The van der Waals surface area contributed by atoms with Crippen LogP contribution in [0.2, 0.25) is 5.15 Å². The van der Waals surface area contributed by atoms with Gasteiger partial charge >= 0.3 is 0 Å². The van der Waals surface area contributed by atoms with E-state index < -0.39 is 11.6 Å². The van der Waals surface area contributed by atoms with Gasteiger partial charge in [-0.05, 0) is 11.6 Å². The first kappa shape index (κ1) is 15.3. The lowest BCUT2D eigenvalue weighted by molar-refractivity contribution is 0.360. The van der Waals surface area contributed by atoms with Crippen LogP contribution >= 0.6 is 11.6 Å². The van der Waals surface area contributed by atoms with Crippen LogP contribution in [-0.2, 0) is 6.54 Å². The summed E-state index contributed by atoms with van der Waals surface area (Å²) in [4.78, 5) is 3.89. The molecule has 0 aliphatic heterocycles. The van der Waals surface area contributed by atoms with E-state index in [0.717, 1.165) is 11.6 Å². The summed E-state index contributed by atoms with van der Waals surface area (Å²) in [5, 5.41) is 3.02. The minimum absolute atomic E-state index is 0.106. The Morgan fingerprint density at radius 3 is 2.24 bits per heavy atom. The molecule has 0 saturated heterocycles. The first-order valence-corrected chi connectivity index (χ1v) is 6.39. The number of methoxy groups -OCH3 is 2. The van der Waals surface area contributed by atoms with Gasteiger partial charge in [0.1, 0.15) is 10.8 Å². The molecule has 21 heavy (non-hydrogen) atoms. The third kappa shape index (κ3) is 3.33. The monoisotopic (exact) mass is 314 g/mol. The number of nitrogens with zero attached hydrogens (tertiary/aromatic N) is 1. The predicted molar refractivity (Wildman–Crippen MR) is 76.0 cm³/mol. The fraction of sp³-hybridized carbons (Fsp3) is 0.214. The van der Waals surface area contributed by atoms with E-state index in [-0.39, 0.29) is 23.7 Å². The van der Waals surface area contributed by atoms with E-state index in [1.54, 1.807) is 12.1 Å². The predicted octanol–water partition coefficient (Wildman–Crippen LogP) is 3.64. The van der Waals surface area contributed by atoms with Crippen LogP contribution in [-0.4, -0.2) is 19.2 Å². The number of benzene rings is 1. The van der Waals surface area contributed by atoms with Crippen LogP contribution in [0.25, 0.3) is 0 Å². The summed E-state index contributed by atoms with van der Waals surface area (Å²) in [6.45, 7) is 0.175. The zero-order valence-electron chi connectivity index (χ0n) is 11.4. The van der Waals surface area contributed by atoms with Gasteiger partial charge in [-0.15, -0.1) is 0 Å². The van der Waals surface area contributed by atoms with E-state index in [1.807, 2.05) is 0 Å². The van der Waals surface area contributed by atoms with Crippen molar-refractivity contribution in [1.29, 1.82) is 0 Å². The Morgan fingerprint density at radius 1 is 1.14 bits per heavy atom. The summed E-state index contributed by atoms with van der Waals surface area (Å²) in [7, 11) is 2.59. The van der Waals surface area contributed by atoms with Crippen LogP contribution in [0.15, 0.2) is 24.4 Å². The summed E-state index contributed by atoms with van der Waals surface area (Å²) in [6, 6.07) is 4.45. The molecule has 0 radical (unpaired) electrons. The van der Waals surface area contributed by atoms with Crippen molar-refractivity contribution in [2.75, 3.05) is 19.5 Å². The highest BCUT2D eigenvalue weighted by atomic mass is 35.5. The van der Waals surface area contributed by atoms with Crippen molar-refractivity contribution in [3.8, 4) is 11.5 Å². The Kier molecular flexibility index (Phi) is 4.80. The highest BCUT2D eigenvalue weighted by molar-refractivity contribution is 6.29. The van der Waals surface area contributed by atoms with E-state index in [2.05, 4.69) is 10.3 Å². The van der Waals surface area contributed by atoms with Crippen molar-refractivity contribution in [2.24, 2.45) is 0 Å². The summed E-state index contributed by atoms with van der Waals surface area (Å²) in [5.41, 5.74) is 0.404. The standard InChI is InChI=1S/C14H13ClF2N2O2/c1-20-9-5-10(21-2)13(17)14(12(9)16)19-7-8-3-4-11(15)18-6-8/h3-6,19H,7H2,1-2H3. The molecule has 7 heteroatoms. The molecule has 0 unspecified atom stereocenters. The number of anilines is 1. The van der Waals surface area contributed by atoms with Gasteiger partial charge in [0, 0.05) is 18.8 Å². The molecule has 1 aromatic carbocycles. The molecule has 2 rings (SSSR count). The zero-order valence-corrected chi connectivity index (χ0v) is 12.2. The molecule has 1 N–H and O–H groups in total. The maximum absolute atomic E-state index is 14.1. The van der Waals surface area contributed by atoms with Crippen molar-refractivity contribution in [3.63, 3.8) is 0 Å². The molecular formula is C14H13ClF2N2O2. The number of nitrogens with one attached hydrogen (secondary N) is 1. The van der Waals surface area contributed by atoms with Crippen molar-refractivity contribution >= 4 is 17.3 Å². The number of hydrogen-bond acceptors (Lipinski definition) is 4. The Morgan fingerprint density at radius 2 is 1.76 bits per heavy atom.